The number of aromatic nitrogens is 4. The van der Waals surface area contributed by atoms with Gasteiger partial charge in [-0.25, -0.2) is 9.67 Å². The van der Waals surface area contributed by atoms with Crippen LogP contribution in [0.1, 0.15) is 5.56 Å². The van der Waals surface area contributed by atoms with Gasteiger partial charge in [-0.2, -0.15) is 5.10 Å². The molecule has 0 amide bonds. The molecule has 0 radical (unpaired) electrons. The van der Waals surface area contributed by atoms with Gasteiger partial charge in [0.05, 0.1) is 16.7 Å². The summed E-state index contributed by atoms with van der Waals surface area (Å²) in [4.78, 5) is 20.4. The summed E-state index contributed by atoms with van der Waals surface area (Å²) in [6.07, 6.45) is 0. The molecule has 0 spiro atoms. The van der Waals surface area contributed by atoms with Crippen molar-refractivity contribution in [2.24, 2.45) is 0 Å². The molecule has 6 nitrogen and oxygen atoms in total. The topological polar surface area (TPSA) is 75.6 Å². The highest BCUT2D eigenvalue weighted by molar-refractivity contribution is 7.80. The number of thiocarbonyl (C=S) groups is 1. The third-order valence-corrected chi connectivity index (χ3v) is 5.42. The minimum Gasteiger partial charge on any atom is -0.357 e. The van der Waals surface area contributed by atoms with Crippen LogP contribution < -0.4 is 10.9 Å². The number of H-pyrrole nitrogens is 1. The van der Waals surface area contributed by atoms with E-state index in [0.717, 1.165) is 11.1 Å². The van der Waals surface area contributed by atoms with E-state index in [-0.39, 0.29) is 11.3 Å². The van der Waals surface area contributed by atoms with Gasteiger partial charge in [0.25, 0.3) is 5.56 Å². The average Bonchev–Trinajstić information content (AvgIpc) is 3.29. The van der Waals surface area contributed by atoms with Crippen LogP contribution in [0.2, 0.25) is 0 Å². The van der Waals surface area contributed by atoms with Crippen molar-refractivity contribution < 1.29 is 0 Å². The van der Waals surface area contributed by atoms with E-state index in [4.69, 9.17) is 17.3 Å². The minimum absolute atomic E-state index is 0.266. The molecule has 5 aromatic rings. The fourth-order valence-corrected chi connectivity index (χ4v) is 3.72. The highest BCUT2D eigenvalue weighted by Crippen LogP contribution is 2.24. The number of hydrogen-bond acceptors (Lipinski definition) is 4. The summed E-state index contributed by atoms with van der Waals surface area (Å²) in [7, 11) is 0. The number of aromatic amines is 1. The van der Waals surface area contributed by atoms with E-state index in [1.165, 1.54) is 0 Å². The molecule has 0 saturated carbocycles. The third kappa shape index (κ3) is 3.93. The van der Waals surface area contributed by atoms with Crippen molar-refractivity contribution in [1.29, 1.82) is 0 Å². The molecule has 3 aromatic carbocycles. The number of rotatable bonds is 4. The molecule has 0 saturated heterocycles. The quantitative estimate of drug-likeness (QED) is 0.408. The predicted molar refractivity (Wildman–Crippen MR) is 130 cm³/mol. The number of hydrogen-bond donors (Lipinski definition) is 2. The molecule has 0 aliphatic carbocycles. The van der Waals surface area contributed by atoms with Crippen LogP contribution in [0.25, 0.3) is 33.7 Å². The molecular formula is C25H19N5OS. The van der Waals surface area contributed by atoms with E-state index in [0.29, 0.717) is 34.1 Å². The second-order valence-electron chi connectivity index (χ2n) is 7.27. The van der Waals surface area contributed by atoms with Crippen LogP contribution >= 0.6 is 12.2 Å². The van der Waals surface area contributed by atoms with E-state index in [2.05, 4.69) is 15.3 Å². The summed E-state index contributed by atoms with van der Waals surface area (Å²) in [5.74, 6) is 0. The van der Waals surface area contributed by atoms with Gasteiger partial charge < -0.3 is 10.3 Å². The van der Waals surface area contributed by atoms with Crippen molar-refractivity contribution in [3.8, 4) is 22.6 Å². The normalized spacial score (nSPS) is 10.9. The van der Waals surface area contributed by atoms with Crippen molar-refractivity contribution in [3.63, 3.8) is 0 Å². The Hall–Kier alpha value is -4.10. The lowest BCUT2D eigenvalue weighted by Crippen LogP contribution is -2.30. The molecule has 156 valence electrons. The fourth-order valence-electron chi connectivity index (χ4n) is 3.51. The number of fused-ring (bicyclic) bond motifs is 1. The van der Waals surface area contributed by atoms with Gasteiger partial charge in [-0.1, -0.05) is 72.8 Å². The first-order chi connectivity index (χ1) is 15.7. The van der Waals surface area contributed by atoms with Gasteiger partial charge in [0.15, 0.2) is 10.8 Å². The highest BCUT2D eigenvalue weighted by atomic mass is 32.1. The predicted octanol–water partition coefficient (Wildman–Crippen LogP) is 4.38. The van der Waals surface area contributed by atoms with E-state index in [1.54, 1.807) is 4.68 Å². The Morgan fingerprint density at radius 3 is 2.41 bits per heavy atom. The fraction of sp³-hybridized carbons (Fsp3) is 0.0400. The van der Waals surface area contributed by atoms with Gasteiger partial charge in [-0.15, -0.1) is 0 Å². The van der Waals surface area contributed by atoms with Gasteiger partial charge in [-0.05, 0) is 36.0 Å². The monoisotopic (exact) mass is 437 g/mol. The first-order valence-electron chi connectivity index (χ1n) is 10.2. The van der Waals surface area contributed by atoms with Gasteiger partial charge in [0.2, 0.25) is 0 Å². The van der Waals surface area contributed by atoms with Crippen molar-refractivity contribution >= 4 is 28.4 Å². The van der Waals surface area contributed by atoms with Crippen molar-refractivity contribution in [2.45, 2.75) is 6.54 Å². The Kier molecular flexibility index (Phi) is 5.31. The average molecular weight is 438 g/mol. The maximum absolute atomic E-state index is 12.9. The van der Waals surface area contributed by atoms with Gasteiger partial charge >= 0.3 is 0 Å². The molecule has 2 aromatic heterocycles. The SMILES string of the molecule is O=c1[nH]c2ccccc2nc1-c1cc(-c2ccccc2)nn1C(=S)NCc1ccccc1. The summed E-state index contributed by atoms with van der Waals surface area (Å²) < 4.78 is 1.58. The molecular weight excluding hydrogens is 418 g/mol. The lowest BCUT2D eigenvalue weighted by atomic mass is 10.1. The molecule has 0 atom stereocenters. The molecule has 32 heavy (non-hydrogen) atoms. The van der Waals surface area contributed by atoms with Gasteiger partial charge in [-0.3, -0.25) is 4.79 Å². The lowest BCUT2D eigenvalue weighted by molar-refractivity contribution is 0.839. The number of nitrogens with one attached hydrogen (secondary N) is 2. The molecule has 0 bridgehead atoms. The Morgan fingerprint density at radius 1 is 0.938 bits per heavy atom. The van der Waals surface area contributed by atoms with Crippen LogP contribution in [0.15, 0.2) is 95.8 Å². The van der Waals surface area contributed by atoms with Crippen LogP contribution in [0.3, 0.4) is 0 Å². The van der Waals surface area contributed by atoms with Crippen LogP contribution in [0.4, 0.5) is 0 Å². The Balaban J connectivity index is 1.59. The van der Waals surface area contributed by atoms with Crippen LogP contribution in [-0.4, -0.2) is 24.9 Å². The van der Waals surface area contributed by atoms with Gasteiger partial charge in [0, 0.05) is 12.1 Å². The zero-order chi connectivity index (χ0) is 21.9. The van der Waals surface area contributed by atoms with Crippen molar-refractivity contribution in [1.82, 2.24) is 25.1 Å². The second kappa shape index (κ2) is 8.56. The standard InChI is InChI=1S/C25H19N5OS/c31-24-23(27-19-13-7-8-14-20(19)28-24)22-15-21(18-11-5-2-6-12-18)29-30(22)25(32)26-16-17-9-3-1-4-10-17/h1-15H,16H2,(H,26,32)(H,28,31). The summed E-state index contributed by atoms with van der Waals surface area (Å²) in [5, 5.41) is 8.34. The number of para-hydroxylation sites is 2. The smallest absolute Gasteiger partial charge is 0.276 e. The highest BCUT2D eigenvalue weighted by Gasteiger charge is 2.19. The maximum Gasteiger partial charge on any atom is 0.276 e. The first kappa shape index (κ1) is 19.8. The Bertz CT molecular complexity index is 1460. The molecule has 0 unspecified atom stereocenters. The Morgan fingerprint density at radius 2 is 1.62 bits per heavy atom. The molecule has 0 aliphatic heterocycles. The van der Waals surface area contributed by atoms with Crippen LogP contribution in [0.5, 0.6) is 0 Å². The van der Waals surface area contributed by atoms with Crippen LogP contribution in [0, 0.1) is 0 Å². The summed E-state index contributed by atoms with van der Waals surface area (Å²) in [5.41, 5.74) is 4.60. The van der Waals surface area contributed by atoms with Crippen LogP contribution in [-0.2, 0) is 6.54 Å². The molecule has 0 fully saturated rings. The first-order valence-corrected chi connectivity index (χ1v) is 10.6. The van der Waals surface area contributed by atoms with E-state index in [9.17, 15) is 4.79 Å². The van der Waals surface area contributed by atoms with Crippen molar-refractivity contribution in [3.05, 3.63) is 107 Å². The second-order valence-corrected chi connectivity index (χ2v) is 7.66. The zero-order valence-electron chi connectivity index (χ0n) is 17.0. The largest absolute Gasteiger partial charge is 0.357 e. The third-order valence-electron chi connectivity index (χ3n) is 5.10. The van der Waals surface area contributed by atoms with E-state index < -0.39 is 0 Å². The maximum atomic E-state index is 12.9. The summed E-state index contributed by atoms with van der Waals surface area (Å²) in [6, 6.07) is 29.0. The summed E-state index contributed by atoms with van der Waals surface area (Å²) in [6.45, 7) is 0.543. The van der Waals surface area contributed by atoms with E-state index in [1.807, 2.05) is 91.0 Å². The van der Waals surface area contributed by atoms with Gasteiger partial charge in [0.1, 0.15) is 5.69 Å². The molecule has 5 rings (SSSR count). The molecule has 7 heteroatoms. The Labute approximate surface area is 189 Å². The van der Waals surface area contributed by atoms with Crippen molar-refractivity contribution in [2.75, 3.05) is 0 Å². The molecule has 2 N–H and O–H groups in total. The zero-order valence-corrected chi connectivity index (χ0v) is 17.8. The summed E-state index contributed by atoms with van der Waals surface area (Å²) >= 11 is 5.66. The van der Waals surface area contributed by atoms with E-state index >= 15 is 0 Å². The molecule has 2 heterocycles. The number of nitrogens with zero attached hydrogens (tertiary/aromatic N) is 3. The number of benzene rings is 3. The minimum atomic E-state index is -0.296. The molecule has 0 aliphatic rings. The lowest BCUT2D eigenvalue weighted by Gasteiger charge is -2.11.